The second kappa shape index (κ2) is 8.65. The minimum Gasteiger partial charge on any atom is -0.453 e. The molecule has 1 N–H and O–H groups in total. The molecular formula is C22H24N4O9S2. The number of carbonyl (C=O) groups excluding carboxylic acids is 2. The first-order valence-electron chi connectivity index (χ1n) is 11.3. The molecule has 0 radical (unpaired) electrons. The van der Waals surface area contributed by atoms with Crippen LogP contribution in [0.25, 0.3) is 10.4 Å². The first kappa shape index (κ1) is 25.4. The number of esters is 1. The van der Waals surface area contributed by atoms with Gasteiger partial charge in [0.15, 0.2) is 18.1 Å². The number of aliphatic hydroxyl groups is 1. The van der Waals surface area contributed by atoms with Crippen molar-refractivity contribution in [2.24, 2.45) is 11.8 Å². The van der Waals surface area contributed by atoms with Crippen molar-refractivity contribution in [1.29, 1.82) is 0 Å². The molecule has 1 saturated heterocycles. The number of nitrogens with zero attached hydrogens (tertiary/aromatic N) is 4. The van der Waals surface area contributed by atoms with E-state index in [0.717, 1.165) is 15.6 Å². The van der Waals surface area contributed by atoms with Gasteiger partial charge in [0.25, 0.3) is 10.0 Å². The van der Waals surface area contributed by atoms with Crippen LogP contribution in [-0.2, 0) is 31.0 Å². The van der Waals surface area contributed by atoms with E-state index in [9.17, 15) is 27.9 Å². The van der Waals surface area contributed by atoms with Crippen LogP contribution in [0.5, 0.6) is 0 Å². The van der Waals surface area contributed by atoms with Gasteiger partial charge >= 0.3 is 11.8 Å². The van der Waals surface area contributed by atoms with Crippen LogP contribution in [-0.4, -0.2) is 70.2 Å². The van der Waals surface area contributed by atoms with Crippen molar-refractivity contribution >= 4 is 43.6 Å². The normalized spacial score (nSPS) is 22.6. The Morgan fingerprint density at radius 2 is 2.03 bits per heavy atom. The standard InChI is InChI=1S/C22H24N4O9S2/c1-9-14(13-6-25-8-23-18(20(25)36-13)37(31,32)24(4)5)17(26-16(9)15(10(2)27)19(26)28)21(29)33-7-12-11(3)34-22(30)35-12/h6,8-10,15-16,27H,7H2,1-5H3/t9-,10+,15+,16+/m0/s1. The molecule has 0 aromatic carbocycles. The minimum atomic E-state index is -3.83. The van der Waals surface area contributed by atoms with E-state index in [1.807, 2.05) is 6.92 Å². The maximum absolute atomic E-state index is 13.3. The van der Waals surface area contributed by atoms with Crippen molar-refractivity contribution in [2.75, 3.05) is 14.1 Å². The average molecular weight is 553 g/mol. The summed E-state index contributed by atoms with van der Waals surface area (Å²) in [4.78, 5) is 43.9. The Hall–Kier alpha value is -3.27. The predicted molar refractivity (Wildman–Crippen MR) is 128 cm³/mol. The largest absolute Gasteiger partial charge is 0.519 e. The van der Waals surface area contributed by atoms with Gasteiger partial charge in [0, 0.05) is 31.8 Å². The number of hydrogen-bond acceptors (Lipinski definition) is 11. The fraction of sp³-hybridized carbons (Fsp3) is 0.455. The van der Waals surface area contributed by atoms with E-state index < -0.39 is 52.4 Å². The molecule has 2 aliphatic heterocycles. The molecule has 3 aromatic heterocycles. The number of aryl methyl sites for hydroxylation is 1. The zero-order valence-electron chi connectivity index (χ0n) is 20.5. The Balaban J connectivity index is 1.59. The fourth-order valence-corrected chi connectivity index (χ4v) is 7.25. The molecule has 0 saturated carbocycles. The third-order valence-electron chi connectivity index (χ3n) is 6.71. The molecule has 0 bridgehead atoms. The van der Waals surface area contributed by atoms with Crippen LogP contribution < -0.4 is 5.82 Å². The summed E-state index contributed by atoms with van der Waals surface area (Å²) in [5, 5.41) is 10.1. The lowest BCUT2D eigenvalue weighted by Crippen LogP contribution is -2.63. The van der Waals surface area contributed by atoms with Gasteiger partial charge in [0.2, 0.25) is 10.9 Å². The van der Waals surface area contributed by atoms with Gasteiger partial charge in [-0.2, -0.15) is 0 Å². The van der Waals surface area contributed by atoms with Crippen LogP contribution in [0.15, 0.2) is 36.9 Å². The fourth-order valence-electron chi connectivity index (χ4n) is 4.84. The number of aliphatic hydroxyl groups excluding tert-OH is 1. The lowest BCUT2D eigenvalue weighted by atomic mass is 9.77. The molecule has 4 atom stereocenters. The summed E-state index contributed by atoms with van der Waals surface area (Å²) in [6.45, 7) is 4.45. The lowest BCUT2D eigenvalue weighted by Gasteiger charge is -2.46. The predicted octanol–water partition coefficient (Wildman–Crippen LogP) is 0.813. The highest BCUT2D eigenvalue weighted by atomic mass is 32.2. The number of hydrogen-bond donors (Lipinski definition) is 1. The number of thiazole rings is 1. The number of aromatic nitrogens is 2. The van der Waals surface area contributed by atoms with Gasteiger partial charge in [0.05, 0.1) is 22.9 Å². The Labute approximate surface area is 214 Å². The van der Waals surface area contributed by atoms with Gasteiger partial charge in [0.1, 0.15) is 16.9 Å². The van der Waals surface area contributed by atoms with E-state index in [-0.39, 0.29) is 28.2 Å². The van der Waals surface area contributed by atoms with Crippen LogP contribution in [0.3, 0.4) is 0 Å². The van der Waals surface area contributed by atoms with Gasteiger partial charge < -0.3 is 23.6 Å². The first-order valence-corrected chi connectivity index (χ1v) is 13.5. The van der Waals surface area contributed by atoms with Crippen molar-refractivity contribution in [3.63, 3.8) is 0 Å². The molecule has 0 unspecified atom stereocenters. The van der Waals surface area contributed by atoms with E-state index >= 15 is 0 Å². The second-order valence-corrected chi connectivity index (χ2v) is 12.3. The quantitative estimate of drug-likeness (QED) is 0.327. The molecule has 3 aromatic rings. The highest BCUT2D eigenvalue weighted by Crippen LogP contribution is 2.52. The van der Waals surface area contributed by atoms with Crippen LogP contribution >= 0.6 is 11.3 Å². The van der Waals surface area contributed by atoms with E-state index in [1.165, 1.54) is 39.2 Å². The Bertz CT molecular complexity index is 1620. The molecular weight excluding hydrogens is 528 g/mol. The van der Waals surface area contributed by atoms with E-state index in [4.69, 9.17) is 13.6 Å². The van der Waals surface area contributed by atoms with Crippen LogP contribution in [0.2, 0.25) is 0 Å². The number of ether oxygens (including phenoxy) is 1. The Morgan fingerprint density at radius 3 is 2.62 bits per heavy atom. The van der Waals surface area contributed by atoms with E-state index in [0.29, 0.717) is 15.3 Å². The lowest BCUT2D eigenvalue weighted by molar-refractivity contribution is -0.164. The highest BCUT2D eigenvalue weighted by Gasteiger charge is 2.60. The van der Waals surface area contributed by atoms with Gasteiger partial charge in [-0.1, -0.05) is 6.92 Å². The summed E-state index contributed by atoms with van der Waals surface area (Å²) >= 11 is 1.11. The second-order valence-electron chi connectivity index (χ2n) is 9.17. The smallest absolute Gasteiger partial charge is 0.453 e. The first-order chi connectivity index (χ1) is 17.3. The minimum absolute atomic E-state index is 0.00243. The number of amides is 1. The zero-order valence-corrected chi connectivity index (χ0v) is 22.1. The summed E-state index contributed by atoms with van der Waals surface area (Å²) in [6, 6.07) is -0.483. The molecule has 1 fully saturated rings. The van der Waals surface area contributed by atoms with Gasteiger partial charge in [-0.25, -0.2) is 27.3 Å². The average Bonchev–Trinajstić information content (AvgIpc) is 3.52. The van der Waals surface area contributed by atoms with E-state index in [2.05, 4.69) is 4.98 Å². The molecule has 5 heterocycles. The summed E-state index contributed by atoms with van der Waals surface area (Å²) in [5.74, 6) is -3.06. The van der Waals surface area contributed by atoms with Crippen molar-refractivity contribution in [3.05, 3.63) is 45.2 Å². The summed E-state index contributed by atoms with van der Waals surface area (Å²) in [5.41, 5.74) is 0.483. The Morgan fingerprint density at radius 1 is 1.32 bits per heavy atom. The molecule has 5 rings (SSSR count). The van der Waals surface area contributed by atoms with Gasteiger partial charge in [-0.3, -0.25) is 9.20 Å². The van der Waals surface area contributed by atoms with Gasteiger partial charge in [-0.15, -0.1) is 11.3 Å². The number of β-lactam (4-membered cyclic amide) rings is 1. The molecule has 0 spiro atoms. The third kappa shape index (κ3) is 3.75. The Kier molecular flexibility index (Phi) is 5.93. The van der Waals surface area contributed by atoms with Crippen molar-refractivity contribution in [1.82, 2.24) is 18.6 Å². The number of imidazole rings is 1. The molecule has 198 valence electrons. The van der Waals surface area contributed by atoms with Crippen molar-refractivity contribution < 1.29 is 36.7 Å². The highest BCUT2D eigenvalue weighted by molar-refractivity contribution is 7.89. The SMILES string of the molecule is Cc1oc(=O)oc1COC(=O)C1=C(c2cn3cnc(S(=O)(=O)N(C)C)c3s2)[C@H](C)[C@@H]2[C@@H]([C@@H](C)O)C(=O)N12. The maximum atomic E-state index is 13.3. The summed E-state index contributed by atoms with van der Waals surface area (Å²) < 4.78 is 43.2. The van der Waals surface area contributed by atoms with Crippen LogP contribution in [0, 0.1) is 18.8 Å². The number of carbonyl (C=O) groups is 2. The number of sulfonamides is 1. The van der Waals surface area contributed by atoms with Crippen LogP contribution in [0.4, 0.5) is 0 Å². The third-order valence-corrected chi connectivity index (χ3v) is 9.73. The number of fused-ring (bicyclic) bond motifs is 2. The molecule has 1 amide bonds. The molecule has 13 nitrogen and oxygen atoms in total. The zero-order chi connectivity index (χ0) is 27.0. The maximum Gasteiger partial charge on any atom is 0.519 e. The van der Waals surface area contributed by atoms with Crippen molar-refractivity contribution in [3.8, 4) is 0 Å². The topological polar surface area (TPSA) is 165 Å². The van der Waals surface area contributed by atoms with Gasteiger partial charge in [-0.05, 0) is 13.8 Å². The van der Waals surface area contributed by atoms with Crippen LogP contribution in [0.1, 0.15) is 30.2 Å². The van der Waals surface area contributed by atoms with Crippen molar-refractivity contribution in [2.45, 2.75) is 44.5 Å². The molecule has 37 heavy (non-hydrogen) atoms. The molecule has 15 heteroatoms. The molecule has 2 aliphatic rings. The number of rotatable bonds is 7. The van der Waals surface area contributed by atoms with E-state index in [1.54, 1.807) is 10.6 Å². The monoisotopic (exact) mass is 552 g/mol. The summed E-state index contributed by atoms with van der Waals surface area (Å²) in [7, 11) is -1.02. The summed E-state index contributed by atoms with van der Waals surface area (Å²) in [6.07, 6.45) is 2.08. The molecule has 0 aliphatic carbocycles.